The Balaban J connectivity index is 0.928. The summed E-state index contributed by atoms with van der Waals surface area (Å²) in [5.74, 6) is 3.24. The average Bonchev–Trinajstić information content (AvgIpc) is 3.76. The Morgan fingerprint density at radius 3 is 1.78 bits per heavy atom. The highest BCUT2D eigenvalue weighted by Gasteiger charge is 2.61. The first-order valence-electron chi connectivity index (χ1n) is 23.8. The third kappa shape index (κ3) is 5.07. The van der Waals surface area contributed by atoms with Gasteiger partial charge in [-0.2, -0.15) is 0 Å². The van der Waals surface area contributed by atoms with Crippen molar-refractivity contribution in [1.82, 2.24) is 0 Å². The van der Waals surface area contributed by atoms with Crippen LogP contribution in [0.5, 0.6) is 0 Å². The van der Waals surface area contributed by atoms with Gasteiger partial charge in [-0.15, -0.1) is 0 Å². The topological polar surface area (TPSA) is 3.24 Å². The average molecular weight is 822 g/mol. The molecule has 1 spiro atoms. The normalized spacial score (nSPS) is 22.7. The lowest BCUT2D eigenvalue weighted by atomic mass is 9.43. The van der Waals surface area contributed by atoms with Crippen molar-refractivity contribution in [3.8, 4) is 44.5 Å². The highest BCUT2D eigenvalue weighted by molar-refractivity contribution is 6.08. The fourth-order valence-corrected chi connectivity index (χ4v) is 14.6. The summed E-state index contributed by atoms with van der Waals surface area (Å²) >= 11 is 0. The molecule has 0 aliphatic heterocycles. The molecule has 1 nitrogen and oxygen atoms in total. The van der Waals surface area contributed by atoms with E-state index in [-0.39, 0.29) is 10.8 Å². The monoisotopic (exact) mass is 821 g/mol. The fourth-order valence-electron chi connectivity index (χ4n) is 14.6. The molecule has 0 radical (unpaired) electrons. The first-order chi connectivity index (χ1) is 31.4. The zero-order valence-corrected chi connectivity index (χ0v) is 36.7. The number of nitrogens with zero attached hydrogens (tertiary/aromatic N) is 1. The third-order valence-corrected chi connectivity index (χ3v) is 17.0. The first kappa shape index (κ1) is 36.8. The van der Waals surface area contributed by atoms with Crippen LogP contribution in [-0.2, 0) is 10.8 Å². The molecule has 6 aliphatic carbocycles. The molecule has 0 aromatic heterocycles. The molecule has 4 bridgehead atoms. The molecule has 15 rings (SSSR count). The van der Waals surface area contributed by atoms with E-state index in [0.717, 1.165) is 11.8 Å². The minimum Gasteiger partial charge on any atom is -0.310 e. The van der Waals surface area contributed by atoms with Gasteiger partial charge < -0.3 is 4.90 Å². The summed E-state index contributed by atoms with van der Waals surface area (Å²) in [6, 6.07) is 71.9. The molecule has 4 saturated carbocycles. The van der Waals surface area contributed by atoms with Gasteiger partial charge in [-0.05, 0) is 187 Å². The van der Waals surface area contributed by atoms with Crippen molar-refractivity contribution in [3.05, 3.63) is 210 Å². The summed E-state index contributed by atoms with van der Waals surface area (Å²) in [4.78, 5) is 2.55. The lowest BCUT2D eigenvalue weighted by molar-refractivity contribution is -0.0399. The fraction of sp³-hybridized carbons (Fsp3) is 0.206. The summed E-state index contributed by atoms with van der Waals surface area (Å²) in [6.45, 7) is 4.80. The van der Waals surface area contributed by atoms with Gasteiger partial charge in [0.2, 0.25) is 0 Å². The van der Waals surface area contributed by atoms with Gasteiger partial charge in [-0.1, -0.05) is 159 Å². The lowest BCUT2D eigenvalue weighted by Gasteiger charge is -2.61. The van der Waals surface area contributed by atoms with Crippen LogP contribution >= 0.6 is 0 Å². The van der Waals surface area contributed by atoms with Crippen LogP contribution < -0.4 is 4.90 Å². The summed E-state index contributed by atoms with van der Waals surface area (Å²) in [6.07, 6.45) is 6.98. The van der Waals surface area contributed by atoms with E-state index in [9.17, 15) is 0 Å². The van der Waals surface area contributed by atoms with Crippen LogP contribution in [-0.4, -0.2) is 0 Å². The van der Waals surface area contributed by atoms with E-state index >= 15 is 0 Å². The van der Waals surface area contributed by atoms with Gasteiger partial charge in [0.1, 0.15) is 0 Å². The molecular weight excluding hydrogens is 771 g/mol. The van der Waals surface area contributed by atoms with Crippen LogP contribution in [0.25, 0.3) is 66.1 Å². The molecule has 0 unspecified atom stereocenters. The summed E-state index contributed by atoms with van der Waals surface area (Å²) < 4.78 is 0. The highest BCUT2D eigenvalue weighted by Crippen LogP contribution is 2.69. The second-order valence-corrected chi connectivity index (χ2v) is 20.5. The first-order valence-corrected chi connectivity index (χ1v) is 23.8. The van der Waals surface area contributed by atoms with E-state index in [1.165, 1.54) is 126 Å². The summed E-state index contributed by atoms with van der Waals surface area (Å²) in [5.41, 5.74) is 20.3. The quantitative estimate of drug-likeness (QED) is 0.156. The van der Waals surface area contributed by atoms with Crippen LogP contribution in [0.1, 0.15) is 68.2 Å². The van der Waals surface area contributed by atoms with Crippen molar-refractivity contribution < 1.29 is 0 Å². The molecule has 64 heavy (non-hydrogen) atoms. The Kier molecular flexibility index (Phi) is 7.70. The summed E-state index contributed by atoms with van der Waals surface area (Å²) in [5, 5.41) is 5.17. The van der Waals surface area contributed by atoms with Crippen molar-refractivity contribution in [3.63, 3.8) is 0 Å². The maximum Gasteiger partial charge on any atom is 0.0467 e. The molecule has 4 fully saturated rings. The maximum absolute atomic E-state index is 2.64. The van der Waals surface area contributed by atoms with Crippen LogP contribution in [0.3, 0.4) is 0 Å². The maximum atomic E-state index is 2.64. The Hall–Kier alpha value is -6.70. The standard InChI is InChI=1S/C63H51N/c1-62(2)58-19-7-5-16-55(58)57-18-10-17-53(61(57)62)44-12-9-13-49(37-44)64(48-26-23-41(24-27-48)43-25-29-52-45(36-43)22-21-42-11-3-4-14-51(42)52)50-28-30-56-54-15-6-8-20-59(54)63(60(56)38-50)46-32-39-31-40(34-46)35-47(63)33-39/h3-30,36-40,46-47H,31-35H2,1-2H3. The minimum atomic E-state index is -0.105. The van der Waals surface area contributed by atoms with Gasteiger partial charge in [0, 0.05) is 27.9 Å². The van der Waals surface area contributed by atoms with Gasteiger partial charge in [0.05, 0.1) is 0 Å². The van der Waals surface area contributed by atoms with Crippen LogP contribution in [0.4, 0.5) is 17.1 Å². The molecule has 6 aliphatic rings. The van der Waals surface area contributed by atoms with Gasteiger partial charge >= 0.3 is 0 Å². The van der Waals surface area contributed by atoms with Gasteiger partial charge in [-0.25, -0.2) is 0 Å². The van der Waals surface area contributed by atoms with Crippen molar-refractivity contribution in [2.75, 3.05) is 4.90 Å². The Labute approximate surface area is 377 Å². The molecule has 0 heterocycles. The smallest absolute Gasteiger partial charge is 0.0467 e. The molecular formula is C63H51N. The summed E-state index contributed by atoms with van der Waals surface area (Å²) in [7, 11) is 0. The van der Waals surface area contributed by atoms with Crippen LogP contribution in [0.15, 0.2) is 188 Å². The number of rotatable bonds is 5. The second-order valence-electron chi connectivity index (χ2n) is 20.5. The predicted octanol–water partition coefficient (Wildman–Crippen LogP) is 16.8. The molecule has 0 saturated heterocycles. The number of fused-ring (bicyclic) bond motifs is 9. The van der Waals surface area contributed by atoms with E-state index in [2.05, 4.69) is 207 Å². The molecule has 1 heteroatoms. The molecule has 0 atom stereocenters. The van der Waals surface area contributed by atoms with E-state index in [1.807, 2.05) is 0 Å². The molecule has 0 N–H and O–H groups in total. The Morgan fingerprint density at radius 2 is 0.969 bits per heavy atom. The van der Waals surface area contributed by atoms with Crippen molar-refractivity contribution in [2.45, 2.75) is 56.8 Å². The second kappa shape index (κ2) is 13.4. The number of benzene rings is 9. The van der Waals surface area contributed by atoms with Crippen LogP contribution in [0, 0.1) is 23.7 Å². The van der Waals surface area contributed by atoms with E-state index in [1.54, 1.807) is 11.1 Å². The molecule has 9 aromatic rings. The third-order valence-electron chi connectivity index (χ3n) is 17.0. The Morgan fingerprint density at radius 1 is 0.375 bits per heavy atom. The molecule has 308 valence electrons. The number of anilines is 3. The largest absolute Gasteiger partial charge is 0.310 e. The van der Waals surface area contributed by atoms with Gasteiger partial charge in [0.25, 0.3) is 0 Å². The molecule has 0 amide bonds. The minimum absolute atomic E-state index is 0.0965. The van der Waals surface area contributed by atoms with Gasteiger partial charge in [0.15, 0.2) is 0 Å². The van der Waals surface area contributed by atoms with E-state index in [4.69, 9.17) is 0 Å². The van der Waals surface area contributed by atoms with Crippen molar-refractivity contribution in [2.24, 2.45) is 23.7 Å². The van der Waals surface area contributed by atoms with Crippen molar-refractivity contribution >= 4 is 38.6 Å². The van der Waals surface area contributed by atoms with Crippen molar-refractivity contribution in [1.29, 1.82) is 0 Å². The van der Waals surface area contributed by atoms with Gasteiger partial charge in [-0.3, -0.25) is 0 Å². The van der Waals surface area contributed by atoms with E-state index < -0.39 is 0 Å². The number of hydrogen-bond acceptors (Lipinski definition) is 1. The number of hydrogen-bond donors (Lipinski definition) is 0. The lowest BCUT2D eigenvalue weighted by Crippen LogP contribution is -2.55. The molecule has 9 aromatic carbocycles. The SMILES string of the molecule is CC1(C)c2ccccc2-c2cccc(-c3cccc(N(c4ccc(-c5ccc6c(ccc7ccccc76)c5)cc4)c4ccc5c(c4)C4(c6ccccc6-5)C5CC6CC(C5)CC4C6)c3)c21. The van der Waals surface area contributed by atoms with E-state index in [0.29, 0.717) is 11.8 Å². The zero-order chi connectivity index (χ0) is 42.3. The Bertz CT molecular complexity index is 3360. The zero-order valence-electron chi connectivity index (χ0n) is 36.7. The predicted molar refractivity (Wildman–Crippen MR) is 268 cm³/mol. The van der Waals surface area contributed by atoms with Crippen LogP contribution in [0.2, 0.25) is 0 Å². The highest BCUT2D eigenvalue weighted by atomic mass is 15.1.